The molecule has 0 bridgehead atoms. The van der Waals surface area contributed by atoms with Crippen LogP contribution in [0.5, 0.6) is 0 Å². The maximum Gasteiger partial charge on any atom is 0.336 e. The van der Waals surface area contributed by atoms with E-state index >= 15 is 0 Å². The van der Waals surface area contributed by atoms with Gasteiger partial charge < -0.3 is 10.4 Å². The molecule has 0 unspecified atom stereocenters. The number of hydrogen-bond acceptors (Lipinski definition) is 2. The minimum Gasteiger partial charge on any atom is -0.478 e. The minimum atomic E-state index is -0.951. The van der Waals surface area contributed by atoms with Gasteiger partial charge in [-0.2, -0.15) is 0 Å². The Labute approximate surface area is 129 Å². The van der Waals surface area contributed by atoms with Gasteiger partial charge in [-0.25, -0.2) is 4.79 Å². The van der Waals surface area contributed by atoms with Crippen LogP contribution in [-0.4, -0.2) is 17.0 Å². The molecule has 0 spiro atoms. The number of carbonyl (C=O) groups excluding carboxylic acids is 1. The van der Waals surface area contributed by atoms with Crippen LogP contribution < -0.4 is 5.32 Å². The summed E-state index contributed by atoms with van der Waals surface area (Å²) in [6.07, 6.45) is 0.292. The normalized spacial score (nSPS) is 10.3. The summed E-state index contributed by atoms with van der Waals surface area (Å²) in [5, 5.41) is 12.0. The van der Waals surface area contributed by atoms with E-state index in [9.17, 15) is 9.59 Å². The van der Waals surface area contributed by atoms with Gasteiger partial charge in [0.25, 0.3) is 0 Å². The fourth-order valence-electron chi connectivity index (χ4n) is 2.59. The molecule has 0 aliphatic carbocycles. The summed E-state index contributed by atoms with van der Waals surface area (Å²) >= 11 is 0. The highest BCUT2D eigenvalue weighted by Crippen LogP contribution is 2.20. The molecule has 0 heterocycles. The van der Waals surface area contributed by atoms with Crippen molar-refractivity contribution in [3.63, 3.8) is 0 Å². The van der Waals surface area contributed by atoms with Crippen LogP contribution in [0.2, 0.25) is 0 Å². The van der Waals surface area contributed by atoms with Crippen molar-refractivity contribution in [3.05, 3.63) is 64.2 Å². The Hall–Kier alpha value is -2.62. The van der Waals surface area contributed by atoms with Crippen LogP contribution >= 0.6 is 0 Å². The van der Waals surface area contributed by atoms with Crippen LogP contribution in [0.1, 0.15) is 32.6 Å². The Morgan fingerprint density at radius 3 is 2.23 bits per heavy atom. The highest BCUT2D eigenvalue weighted by atomic mass is 16.4. The van der Waals surface area contributed by atoms with Crippen molar-refractivity contribution in [2.45, 2.75) is 27.2 Å². The number of carbonyl (C=O) groups is 2. The van der Waals surface area contributed by atoms with E-state index in [1.807, 2.05) is 31.2 Å². The molecule has 2 rings (SSSR count). The van der Waals surface area contributed by atoms with Crippen LogP contribution in [0, 0.1) is 20.8 Å². The van der Waals surface area contributed by atoms with E-state index in [1.54, 1.807) is 26.0 Å². The zero-order valence-corrected chi connectivity index (χ0v) is 12.9. The quantitative estimate of drug-likeness (QED) is 0.907. The maximum atomic E-state index is 12.1. The minimum absolute atomic E-state index is 0.118. The molecule has 0 saturated heterocycles. The van der Waals surface area contributed by atoms with Crippen LogP contribution in [-0.2, 0) is 11.2 Å². The average molecular weight is 297 g/mol. The topological polar surface area (TPSA) is 66.4 Å². The first-order valence-corrected chi connectivity index (χ1v) is 7.07. The molecule has 1 amide bonds. The SMILES string of the molecule is Cc1cccc(CC(=O)Nc2cc(C)c(C(=O)O)c(C)c2)c1. The van der Waals surface area contributed by atoms with Crippen molar-refractivity contribution in [1.29, 1.82) is 0 Å². The molecule has 114 valence electrons. The van der Waals surface area contributed by atoms with Gasteiger partial charge in [-0.3, -0.25) is 4.79 Å². The fourth-order valence-corrected chi connectivity index (χ4v) is 2.59. The Balaban J connectivity index is 2.14. The van der Waals surface area contributed by atoms with Crippen molar-refractivity contribution in [2.75, 3.05) is 5.32 Å². The van der Waals surface area contributed by atoms with Gasteiger partial charge in [0, 0.05) is 5.69 Å². The standard InChI is InChI=1S/C18H19NO3/c1-11-5-4-6-14(7-11)10-16(20)19-15-8-12(2)17(18(21)22)13(3)9-15/h4-9H,10H2,1-3H3,(H,19,20)(H,21,22). The van der Waals surface area contributed by atoms with E-state index in [2.05, 4.69) is 5.32 Å². The molecule has 22 heavy (non-hydrogen) atoms. The molecule has 0 radical (unpaired) electrons. The van der Waals surface area contributed by atoms with Gasteiger partial charge in [0.1, 0.15) is 0 Å². The van der Waals surface area contributed by atoms with Gasteiger partial charge in [-0.05, 0) is 49.6 Å². The van der Waals surface area contributed by atoms with Gasteiger partial charge in [0.2, 0.25) is 5.91 Å². The zero-order valence-electron chi connectivity index (χ0n) is 12.9. The highest BCUT2D eigenvalue weighted by Gasteiger charge is 2.13. The molecule has 0 aromatic heterocycles. The number of benzene rings is 2. The predicted molar refractivity (Wildman–Crippen MR) is 86.4 cm³/mol. The first-order valence-electron chi connectivity index (χ1n) is 7.07. The second-order valence-corrected chi connectivity index (χ2v) is 5.50. The number of aryl methyl sites for hydroxylation is 3. The van der Waals surface area contributed by atoms with Crippen LogP contribution in [0.4, 0.5) is 5.69 Å². The number of nitrogens with one attached hydrogen (secondary N) is 1. The third kappa shape index (κ3) is 3.73. The molecule has 0 saturated carbocycles. The van der Waals surface area contributed by atoms with Crippen molar-refractivity contribution in [3.8, 4) is 0 Å². The van der Waals surface area contributed by atoms with Crippen LogP contribution in [0.15, 0.2) is 36.4 Å². The molecule has 4 heteroatoms. The van der Waals surface area contributed by atoms with Crippen molar-refractivity contribution in [2.24, 2.45) is 0 Å². The summed E-state index contributed by atoms with van der Waals surface area (Å²) in [7, 11) is 0. The third-order valence-electron chi connectivity index (χ3n) is 3.48. The molecule has 0 aliphatic rings. The zero-order chi connectivity index (χ0) is 16.3. The Kier molecular flexibility index (Phi) is 4.61. The number of rotatable bonds is 4. The summed E-state index contributed by atoms with van der Waals surface area (Å²) in [5.74, 6) is -1.07. The lowest BCUT2D eigenvalue weighted by atomic mass is 10.0. The van der Waals surface area contributed by atoms with Crippen molar-refractivity contribution >= 4 is 17.6 Å². The second kappa shape index (κ2) is 6.43. The molecular weight excluding hydrogens is 278 g/mol. The molecule has 2 aromatic rings. The van der Waals surface area contributed by atoms with E-state index in [4.69, 9.17) is 5.11 Å². The van der Waals surface area contributed by atoms with Gasteiger partial charge in [0.05, 0.1) is 12.0 Å². The molecule has 4 nitrogen and oxygen atoms in total. The maximum absolute atomic E-state index is 12.1. The van der Waals surface area contributed by atoms with E-state index < -0.39 is 5.97 Å². The van der Waals surface area contributed by atoms with Gasteiger partial charge in [-0.15, -0.1) is 0 Å². The monoisotopic (exact) mass is 297 g/mol. The average Bonchev–Trinajstić information content (AvgIpc) is 2.36. The lowest BCUT2D eigenvalue weighted by molar-refractivity contribution is -0.115. The molecular formula is C18H19NO3. The molecule has 0 aliphatic heterocycles. The number of carboxylic acid groups (broad SMARTS) is 1. The summed E-state index contributed by atoms with van der Waals surface area (Å²) in [4.78, 5) is 23.3. The van der Waals surface area contributed by atoms with Crippen LogP contribution in [0.25, 0.3) is 0 Å². The van der Waals surface area contributed by atoms with E-state index in [0.717, 1.165) is 11.1 Å². The summed E-state index contributed by atoms with van der Waals surface area (Å²) in [6, 6.07) is 11.2. The van der Waals surface area contributed by atoms with E-state index in [0.29, 0.717) is 23.2 Å². The van der Waals surface area contributed by atoms with Gasteiger partial charge in [-0.1, -0.05) is 29.8 Å². The Morgan fingerprint density at radius 1 is 1.05 bits per heavy atom. The number of amides is 1. The Morgan fingerprint density at radius 2 is 1.68 bits per heavy atom. The number of anilines is 1. The summed E-state index contributed by atoms with van der Waals surface area (Å²) < 4.78 is 0. The molecule has 2 aromatic carbocycles. The molecule has 0 fully saturated rings. The van der Waals surface area contributed by atoms with Crippen molar-refractivity contribution in [1.82, 2.24) is 0 Å². The van der Waals surface area contributed by atoms with Crippen LogP contribution in [0.3, 0.4) is 0 Å². The van der Waals surface area contributed by atoms with Crippen molar-refractivity contribution < 1.29 is 14.7 Å². The van der Waals surface area contributed by atoms with E-state index in [-0.39, 0.29) is 11.5 Å². The third-order valence-corrected chi connectivity index (χ3v) is 3.48. The second-order valence-electron chi connectivity index (χ2n) is 5.50. The molecule has 0 atom stereocenters. The molecule has 2 N–H and O–H groups in total. The number of aromatic carboxylic acids is 1. The first-order chi connectivity index (χ1) is 10.4. The highest BCUT2D eigenvalue weighted by molar-refractivity contribution is 5.95. The largest absolute Gasteiger partial charge is 0.478 e. The van der Waals surface area contributed by atoms with Gasteiger partial charge in [0.15, 0.2) is 0 Å². The lowest BCUT2D eigenvalue weighted by Crippen LogP contribution is -2.15. The first kappa shape index (κ1) is 15.8. The number of hydrogen-bond donors (Lipinski definition) is 2. The van der Waals surface area contributed by atoms with Gasteiger partial charge >= 0.3 is 5.97 Å². The Bertz CT molecular complexity index is 712. The summed E-state index contributed by atoms with van der Waals surface area (Å²) in [6.45, 7) is 5.44. The fraction of sp³-hybridized carbons (Fsp3) is 0.222. The predicted octanol–water partition coefficient (Wildman–Crippen LogP) is 3.49. The smallest absolute Gasteiger partial charge is 0.336 e. The van der Waals surface area contributed by atoms with E-state index in [1.165, 1.54) is 0 Å². The lowest BCUT2D eigenvalue weighted by Gasteiger charge is -2.11. The summed E-state index contributed by atoms with van der Waals surface area (Å²) in [5.41, 5.74) is 4.25. The number of carboxylic acids is 1.